The Morgan fingerprint density at radius 2 is 0.486 bits per heavy atom. The average molecular weight is 1070 g/mol. The second-order valence-corrected chi connectivity index (χ2v) is 24.4. The van der Waals surface area contributed by atoms with Crippen LogP contribution in [0.2, 0.25) is 0 Å². The second kappa shape index (κ2) is 61.3. The number of carbonyl (C=O) groups excluding carboxylic acids is 2. The van der Waals surface area contributed by atoms with E-state index in [1.54, 1.807) is 0 Å². The molecule has 0 aliphatic heterocycles. The van der Waals surface area contributed by atoms with Crippen LogP contribution in [-0.4, -0.2) is 41.0 Å². The van der Waals surface area contributed by atoms with E-state index in [0.717, 1.165) is 32.1 Å². The normalized spacial score (nSPS) is 12.2. The lowest BCUT2D eigenvalue weighted by Gasteiger charge is -2.18. The van der Waals surface area contributed by atoms with Gasteiger partial charge in [-0.15, -0.1) is 0 Å². The first-order valence-corrected chi connectivity index (χ1v) is 34.9. The van der Waals surface area contributed by atoms with Gasteiger partial charge in [-0.1, -0.05) is 361 Å². The van der Waals surface area contributed by atoms with E-state index in [1.165, 1.54) is 321 Å². The van der Waals surface area contributed by atoms with Gasteiger partial charge in [-0.3, -0.25) is 14.1 Å². The van der Waals surface area contributed by atoms with Gasteiger partial charge in [0.2, 0.25) is 0 Å². The zero-order valence-electron chi connectivity index (χ0n) is 49.8. The van der Waals surface area contributed by atoms with Gasteiger partial charge in [0, 0.05) is 12.8 Å². The molecular weight excluding hydrogens is 940 g/mol. The second-order valence-electron chi connectivity index (χ2n) is 23.2. The minimum absolute atomic E-state index is 0.222. The fraction of sp³-hybridized carbons (Fsp3) is 0.969. The summed E-state index contributed by atoms with van der Waals surface area (Å²) < 4.78 is 26.7. The molecular formula is C65H129O8P. The molecule has 0 aliphatic carbocycles. The van der Waals surface area contributed by atoms with Gasteiger partial charge in [0.05, 0.1) is 6.61 Å². The van der Waals surface area contributed by atoms with Crippen molar-refractivity contribution >= 4 is 19.8 Å². The molecule has 0 amide bonds. The molecule has 0 aromatic carbocycles. The molecule has 9 heteroatoms. The molecule has 1 atom stereocenters. The molecule has 0 aromatic rings. The molecule has 0 spiro atoms. The van der Waals surface area contributed by atoms with Crippen LogP contribution in [0.15, 0.2) is 0 Å². The van der Waals surface area contributed by atoms with Gasteiger partial charge in [-0.2, -0.15) is 0 Å². The Morgan fingerprint density at radius 3 is 0.689 bits per heavy atom. The van der Waals surface area contributed by atoms with Crippen molar-refractivity contribution < 1.29 is 37.9 Å². The van der Waals surface area contributed by atoms with Crippen LogP contribution in [0.3, 0.4) is 0 Å². The monoisotopic (exact) mass is 1070 g/mol. The molecule has 0 saturated carbocycles. The number of hydrogen-bond donors (Lipinski definition) is 2. The standard InChI is InChI=1S/C65H129O8P/c1-3-5-7-9-11-13-15-17-19-21-23-25-27-29-31-33-35-37-39-41-43-45-47-49-51-53-55-57-59-64(66)71-61-63(62-72-74(68,69)70)73-65(67)60-58-56-54-52-50-48-46-44-42-40-38-36-34-32-30-28-26-24-22-20-18-16-14-12-10-8-6-4-2/h63H,3-62H2,1-2H3,(H2,68,69,70)/t63-/m1/s1. The Labute approximate surface area is 461 Å². The molecule has 0 rings (SSSR count). The van der Waals surface area contributed by atoms with E-state index in [0.29, 0.717) is 6.42 Å². The molecule has 442 valence electrons. The quantitative estimate of drug-likeness (QED) is 0.0351. The molecule has 0 radical (unpaired) electrons. The maximum atomic E-state index is 12.6. The van der Waals surface area contributed by atoms with Crippen LogP contribution in [0.5, 0.6) is 0 Å². The van der Waals surface area contributed by atoms with Gasteiger partial charge in [0.1, 0.15) is 6.61 Å². The highest BCUT2D eigenvalue weighted by molar-refractivity contribution is 7.46. The minimum atomic E-state index is -4.76. The van der Waals surface area contributed by atoms with E-state index in [-0.39, 0.29) is 19.4 Å². The van der Waals surface area contributed by atoms with Crippen LogP contribution in [0.25, 0.3) is 0 Å². The zero-order valence-corrected chi connectivity index (χ0v) is 50.7. The van der Waals surface area contributed by atoms with Gasteiger partial charge >= 0.3 is 19.8 Å². The van der Waals surface area contributed by atoms with Crippen molar-refractivity contribution in [2.75, 3.05) is 13.2 Å². The summed E-state index contributed by atoms with van der Waals surface area (Å²) in [7, 11) is -4.76. The van der Waals surface area contributed by atoms with Gasteiger partial charge in [0.15, 0.2) is 6.10 Å². The van der Waals surface area contributed by atoms with Gasteiger partial charge in [0.25, 0.3) is 0 Å². The Morgan fingerprint density at radius 1 is 0.297 bits per heavy atom. The third-order valence-corrected chi connectivity index (χ3v) is 16.1. The van der Waals surface area contributed by atoms with Crippen LogP contribution in [-0.2, 0) is 28.2 Å². The van der Waals surface area contributed by atoms with Crippen LogP contribution >= 0.6 is 7.82 Å². The number of phosphoric ester groups is 1. The largest absolute Gasteiger partial charge is 0.469 e. The van der Waals surface area contributed by atoms with E-state index >= 15 is 0 Å². The van der Waals surface area contributed by atoms with Crippen molar-refractivity contribution in [3.63, 3.8) is 0 Å². The molecule has 0 saturated heterocycles. The Hall–Kier alpha value is -0.950. The molecule has 0 aromatic heterocycles. The van der Waals surface area contributed by atoms with E-state index in [2.05, 4.69) is 18.4 Å². The molecule has 0 aliphatic rings. The molecule has 0 fully saturated rings. The van der Waals surface area contributed by atoms with E-state index in [4.69, 9.17) is 9.47 Å². The number of unbranched alkanes of at least 4 members (excludes halogenated alkanes) is 54. The Balaban J connectivity index is 3.63. The zero-order chi connectivity index (χ0) is 53.8. The Bertz CT molecular complexity index is 1160. The van der Waals surface area contributed by atoms with Crippen molar-refractivity contribution in [2.24, 2.45) is 0 Å². The van der Waals surface area contributed by atoms with Crippen molar-refractivity contribution in [2.45, 2.75) is 392 Å². The predicted octanol–water partition coefficient (Wildman–Crippen LogP) is 22.2. The van der Waals surface area contributed by atoms with Crippen molar-refractivity contribution in [1.29, 1.82) is 0 Å². The summed E-state index contributed by atoms with van der Waals surface area (Å²) in [5.74, 6) is -0.853. The summed E-state index contributed by atoms with van der Waals surface area (Å²) in [4.78, 5) is 43.4. The lowest BCUT2D eigenvalue weighted by molar-refractivity contribution is -0.161. The maximum absolute atomic E-state index is 12.6. The number of ether oxygens (including phenoxy) is 2. The van der Waals surface area contributed by atoms with Crippen molar-refractivity contribution in [1.82, 2.24) is 0 Å². The molecule has 8 nitrogen and oxygen atoms in total. The molecule has 2 N–H and O–H groups in total. The predicted molar refractivity (Wildman–Crippen MR) is 318 cm³/mol. The first kappa shape index (κ1) is 73.0. The van der Waals surface area contributed by atoms with E-state index < -0.39 is 32.5 Å². The first-order chi connectivity index (χ1) is 36.3. The van der Waals surface area contributed by atoms with Crippen LogP contribution in [0.4, 0.5) is 0 Å². The molecule has 0 unspecified atom stereocenters. The van der Waals surface area contributed by atoms with Gasteiger partial charge in [-0.25, -0.2) is 4.57 Å². The number of rotatable bonds is 64. The number of phosphoric acid groups is 1. The third kappa shape index (κ3) is 63.6. The summed E-state index contributed by atoms with van der Waals surface area (Å²) in [6.45, 7) is 3.79. The van der Waals surface area contributed by atoms with Gasteiger partial charge < -0.3 is 19.3 Å². The Kier molecular flexibility index (Phi) is 60.5. The van der Waals surface area contributed by atoms with Crippen LogP contribution in [0.1, 0.15) is 386 Å². The maximum Gasteiger partial charge on any atom is 0.469 e. The highest BCUT2D eigenvalue weighted by Crippen LogP contribution is 2.36. The summed E-state index contributed by atoms with van der Waals surface area (Å²) in [6.07, 6.45) is 74.7. The van der Waals surface area contributed by atoms with Crippen LogP contribution in [0, 0.1) is 0 Å². The average Bonchev–Trinajstić information content (AvgIpc) is 3.38. The summed E-state index contributed by atoms with van der Waals surface area (Å²) in [5, 5.41) is 0. The van der Waals surface area contributed by atoms with E-state index in [9.17, 15) is 23.9 Å². The van der Waals surface area contributed by atoms with Crippen molar-refractivity contribution in [3.8, 4) is 0 Å². The summed E-state index contributed by atoms with van der Waals surface area (Å²) >= 11 is 0. The highest BCUT2D eigenvalue weighted by Gasteiger charge is 2.23. The third-order valence-electron chi connectivity index (χ3n) is 15.6. The summed E-state index contributed by atoms with van der Waals surface area (Å²) in [5.41, 5.74) is 0. The number of esters is 2. The molecule has 74 heavy (non-hydrogen) atoms. The lowest BCUT2D eigenvalue weighted by Crippen LogP contribution is -2.29. The van der Waals surface area contributed by atoms with E-state index in [1.807, 2.05) is 0 Å². The number of carbonyl (C=O) groups is 2. The van der Waals surface area contributed by atoms with Crippen molar-refractivity contribution in [3.05, 3.63) is 0 Å². The number of hydrogen-bond acceptors (Lipinski definition) is 6. The molecule has 0 bridgehead atoms. The minimum Gasteiger partial charge on any atom is -0.462 e. The smallest absolute Gasteiger partial charge is 0.462 e. The van der Waals surface area contributed by atoms with Gasteiger partial charge in [-0.05, 0) is 12.8 Å². The highest BCUT2D eigenvalue weighted by atomic mass is 31.2. The van der Waals surface area contributed by atoms with Crippen LogP contribution < -0.4 is 0 Å². The lowest BCUT2D eigenvalue weighted by atomic mass is 10.0. The topological polar surface area (TPSA) is 119 Å². The fourth-order valence-corrected chi connectivity index (χ4v) is 11.0. The SMILES string of the molecule is CCCCCCCCCCCCCCCCCCCCCCCCCCCCCCC(=O)OC[C@H](COP(=O)(O)O)OC(=O)CCCCCCCCCCCCCCCCCCCCCCCCCCCCCC. The fourth-order valence-electron chi connectivity index (χ4n) is 10.7. The molecule has 0 heterocycles. The summed E-state index contributed by atoms with van der Waals surface area (Å²) in [6, 6.07) is 0. The first-order valence-electron chi connectivity index (χ1n) is 33.3.